The summed E-state index contributed by atoms with van der Waals surface area (Å²) >= 11 is 6.41. The van der Waals surface area contributed by atoms with Crippen molar-refractivity contribution < 1.29 is 8.42 Å². The van der Waals surface area contributed by atoms with Crippen LogP contribution in [0.15, 0.2) is 44.3 Å². The normalized spacial score (nSPS) is 11.5. The second-order valence-corrected chi connectivity index (χ2v) is 7.27. The van der Waals surface area contributed by atoms with Crippen LogP contribution in [0.3, 0.4) is 0 Å². The fraction of sp³-hybridized carbons (Fsp3) is 0.0909. The van der Waals surface area contributed by atoms with Gasteiger partial charge in [-0.1, -0.05) is 0 Å². The van der Waals surface area contributed by atoms with Gasteiger partial charge in [-0.3, -0.25) is 0 Å². The summed E-state index contributed by atoms with van der Waals surface area (Å²) in [5, 5.41) is 7.50. The van der Waals surface area contributed by atoms with Gasteiger partial charge in [-0.15, -0.1) is 0 Å². The molecule has 0 fully saturated rings. The van der Waals surface area contributed by atoms with Crippen molar-refractivity contribution >= 4 is 47.6 Å². The SMILES string of the molecule is Nc1cc(Br)c(S(=O)(=O)NCc2cccnn2)c(Br)c1. The molecule has 3 N–H and O–H groups in total. The van der Waals surface area contributed by atoms with Gasteiger partial charge in [0.2, 0.25) is 10.0 Å². The van der Waals surface area contributed by atoms with Crippen molar-refractivity contribution in [2.24, 2.45) is 0 Å². The molecule has 0 radical (unpaired) electrons. The number of hydrogen-bond acceptors (Lipinski definition) is 5. The molecule has 20 heavy (non-hydrogen) atoms. The Hall–Kier alpha value is -1.03. The molecule has 0 saturated heterocycles. The monoisotopic (exact) mass is 420 g/mol. The number of nitrogens with zero attached hydrogens (tertiary/aromatic N) is 2. The van der Waals surface area contributed by atoms with Crippen LogP contribution >= 0.6 is 31.9 Å². The van der Waals surface area contributed by atoms with E-state index in [2.05, 4.69) is 46.8 Å². The first-order valence-corrected chi connectivity index (χ1v) is 8.48. The maximum atomic E-state index is 12.3. The summed E-state index contributed by atoms with van der Waals surface area (Å²) in [5.41, 5.74) is 6.62. The summed E-state index contributed by atoms with van der Waals surface area (Å²) < 4.78 is 27.8. The Balaban J connectivity index is 2.28. The number of benzene rings is 1. The highest BCUT2D eigenvalue weighted by atomic mass is 79.9. The van der Waals surface area contributed by atoms with Crippen LogP contribution < -0.4 is 10.5 Å². The van der Waals surface area contributed by atoms with Crippen molar-refractivity contribution in [2.45, 2.75) is 11.4 Å². The van der Waals surface area contributed by atoms with Crippen LogP contribution in [-0.4, -0.2) is 18.6 Å². The van der Waals surface area contributed by atoms with E-state index in [4.69, 9.17) is 5.73 Å². The molecule has 0 bridgehead atoms. The molecule has 0 aliphatic heterocycles. The molecular formula is C11H10Br2N4O2S. The average Bonchev–Trinajstić information content (AvgIpc) is 2.36. The Morgan fingerprint density at radius 1 is 1.25 bits per heavy atom. The second kappa shape index (κ2) is 6.17. The molecule has 1 aromatic heterocycles. The standard InChI is InChI=1S/C11H10Br2N4O2S/c12-9-4-7(14)5-10(13)11(9)20(18,19)16-6-8-2-1-3-15-17-8/h1-5,16H,6,14H2. The van der Waals surface area contributed by atoms with E-state index in [1.54, 1.807) is 12.1 Å². The molecule has 0 saturated carbocycles. The first-order valence-electron chi connectivity index (χ1n) is 5.41. The Kier molecular flexibility index (Phi) is 4.74. The van der Waals surface area contributed by atoms with Crippen LogP contribution in [0.5, 0.6) is 0 Å². The zero-order chi connectivity index (χ0) is 14.8. The fourth-order valence-electron chi connectivity index (χ4n) is 1.51. The highest BCUT2D eigenvalue weighted by molar-refractivity contribution is 9.11. The fourth-order valence-corrected chi connectivity index (χ4v) is 5.12. The van der Waals surface area contributed by atoms with Gasteiger partial charge >= 0.3 is 0 Å². The third-order valence-corrected chi connectivity index (χ3v) is 5.64. The van der Waals surface area contributed by atoms with E-state index in [1.165, 1.54) is 18.3 Å². The van der Waals surface area contributed by atoms with Crippen molar-refractivity contribution in [3.05, 3.63) is 45.1 Å². The number of rotatable bonds is 4. The molecule has 1 heterocycles. The van der Waals surface area contributed by atoms with Gasteiger partial charge in [0.15, 0.2) is 0 Å². The van der Waals surface area contributed by atoms with Gasteiger partial charge in [0, 0.05) is 20.8 Å². The number of nitrogens with one attached hydrogen (secondary N) is 1. The smallest absolute Gasteiger partial charge is 0.243 e. The Labute approximate surface area is 133 Å². The molecule has 0 unspecified atom stereocenters. The number of halogens is 2. The number of hydrogen-bond donors (Lipinski definition) is 2. The molecule has 0 amide bonds. The van der Waals surface area contributed by atoms with Crippen molar-refractivity contribution in [2.75, 3.05) is 5.73 Å². The lowest BCUT2D eigenvalue weighted by Crippen LogP contribution is -2.24. The molecule has 2 aromatic rings. The van der Waals surface area contributed by atoms with Gasteiger partial charge in [0.1, 0.15) is 4.90 Å². The largest absolute Gasteiger partial charge is 0.399 e. The molecule has 0 atom stereocenters. The van der Waals surface area contributed by atoms with Crippen molar-refractivity contribution in [3.63, 3.8) is 0 Å². The van der Waals surface area contributed by atoms with Crippen LogP contribution in [-0.2, 0) is 16.6 Å². The van der Waals surface area contributed by atoms with Gasteiger partial charge in [-0.2, -0.15) is 10.2 Å². The van der Waals surface area contributed by atoms with E-state index in [0.717, 1.165) is 0 Å². The van der Waals surface area contributed by atoms with E-state index >= 15 is 0 Å². The molecule has 6 nitrogen and oxygen atoms in total. The van der Waals surface area contributed by atoms with Crippen LogP contribution in [0.25, 0.3) is 0 Å². The maximum absolute atomic E-state index is 12.3. The van der Waals surface area contributed by atoms with E-state index in [-0.39, 0.29) is 11.4 Å². The summed E-state index contributed by atoms with van der Waals surface area (Å²) in [6.07, 6.45) is 1.52. The first kappa shape index (κ1) is 15.4. The topological polar surface area (TPSA) is 98.0 Å². The minimum Gasteiger partial charge on any atom is -0.399 e. The number of nitrogens with two attached hydrogens (primary N) is 1. The molecule has 0 aliphatic carbocycles. The molecular weight excluding hydrogens is 412 g/mol. The lowest BCUT2D eigenvalue weighted by molar-refractivity contribution is 0.579. The maximum Gasteiger partial charge on any atom is 0.243 e. The quantitative estimate of drug-likeness (QED) is 0.736. The van der Waals surface area contributed by atoms with Gasteiger partial charge in [0.05, 0.1) is 12.2 Å². The zero-order valence-electron chi connectivity index (χ0n) is 10.0. The predicted octanol–water partition coefficient (Wildman–Crippen LogP) is 2.06. The Morgan fingerprint density at radius 3 is 2.45 bits per heavy atom. The summed E-state index contributed by atoms with van der Waals surface area (Å²) in [5.74, 6) is 0. The average molecular weight is 422 g/mol. The molecule has 0 aliphatic rings. The molecule has 1 aromatic carbocycles. The van der Waals surface area contributed by atoms with Crippen molar-refractivity contribution in [1.29, 1.82) is 0 Å². The van der Waals surface area contributed by atoms with Crippen molar-refractivity contribution in [3.8, 4) is 0 Å². The minimum absolute atomic E-state index is 0.0550. The molecule has 106 valence electrons. The van der Waals surface area contributed by atoms with Crippen LogP contribution in [0.4, 0.5) is 5.69 Å². The summed E-state index contributed by atoms with van der Waals surface area (Å²) in [6.45, 7) is 0.0550. The minimum atomic E-state index is -3.70. The summed E-state index contributed by atoms with van der Waals surface area (Å²) in [7, 11) is -3.70. The summed E-state index contributed by atoms with van der Waals surface area (Å²) in [4.78, 5) is 0.0931. The van der Waals surface area contributed by atoms with Crippen LogP contribution in [0.1, 0.15) is 5.69 Å². The third-order valence-electron chi connectivity index (χ3n) is 2.36. The van der Waals surface area contributed by atoms with Crippen molar-refractivity contribution in [1.82, 2.24) is 14.9 Å². The Bertz CT molecular complexity index is 699. The van der Waals surface area contributed by atoms with E-state index in [1.807, 2.05) is 0 Å². The van der Waals surface area contributed by atoms with Crippen LogP contribution in [0.2, 0.25) is 0 Å². The predicted molar refractivity (Wildman–Crippen MR) is 82.3 cm³/mol. The highest BCUT2D eigenvalue weighted by Gasteiger charge is 2.21. The molecule has 0 spiro atoms. The van der Waals surface area contributed by atoms with Gasteiger partial charge < -0.3 is 5.73 Å². The van der Waals surface area contributed by atoms with Gasteiger partial charge in [-0.25, -0.2) is 13.1 Å². The van der Waals surface area contributed by atoms with E-state index < -0.39 is 10.0 Å². The number of anilines is 1. The van der Waals surface area contributed by atoms with E-state index in [0.29, 0.717) is 20.3 Å². The zero-order valence-corrected chi connectivity index (χ0v) is 14.0. The summed E-state index contributed by atoms with van der Waals surface area (Å²) in [6, 6.07) is 6.43. The Morgan fingerprint density at radius 2 is 1.90 bits per heavy atom. The van der Waals surface area contributed by atoms with Gasteiger partial charge in [0.25, 0.3) is 0 Å². The van der Waals surface area contributed by atoms with E-state index in [9.17, 15) is 8.42 Å². The second-order valence-electron chi connectivity index (χ2n) is 3.85. The molecule has 2 rings (SSSR count). The lowest BCUT2D eigenvalue weighted by Gasteiger charge is -2.10. The van der Waals surface area contributed by atoms with Gasteiger partial charge in [-0.05, 0) is 56.1 Å². The lowest BCUT2D eigenvalue weighted by atomic mass is 10.3. The number of nitrogen functional groups attached to an aromatic ring is 1. The number of sulfonamides is 1. The first-order chi connectivity index (χ1) is 9.40. The molecule has 9 heteroatoms. The van der Waals surface area contributed by atoms with Crippen LogP contribution in [0, 0.1) is 0 Å². The third kappa shape index (κ3) is 3.54. The highest BCUT2D eigenvalue weighted by Crippen LogP contribution is 2.32. The number of aromatic nitrogens is 2.